The lowest BCUT2D eigenvalue weighted by Gasteiger charge is -2.18. The minimum Gasteiger partial charge on any atom is -0.487 e. The van der Waals surface area contributed by atoms with E-state index >= 15 is 0 Å². The second-order valence-electron chi connectivity index (χ2n) is 5.40. The average molecular weight is 219 g/mol. The smallest absolute Gasteiger partial charge is 0.126 e. The molecule has 0 aliphatic carbocycles. The number of ether oxygens (including phenoxy) is 1. The quantitative estimate of drug-likeness (QED) is 0.788. The molecule has 0 radical (unpaired) electrons. The topological polar surface area (TPSA) is 35.2 Å². The number of rotatable bonds is 1. The number of fused-ring (bicyclic) bond motifs is 1. The largest absolute Gasteiger partial charge is 0.487 e. The fraction of sp³-hybridized carbons (Fsp3) is 0.571. The van der Waals surface area contributed by atoms with E-state index in [0.29, 0.717) is 6.54 Å². The standard InChI is InChI=1S/C14H21NO/c1-8-9(2)13-11(6-14(4,5)16-13)10(3)12(8)7-15/h6-7,15H2,1-5H3. The van der Waals surface area contributed by atoms with E-state index in [1.54, 1.807) is 0 Å². The van der Waals surface area contributed by atoms with Gasteiger partial charge in [0.25, 0.3) is 0 Å². The van der Waals surface area contributed by atoms with E-state index in [1.807, 2.05) is 0 Å². The molecule has 1 aliphatic heterocycles. The van der Waals surface area contributed by atoms with E-state index in [1.165, 1.54) is 27.8 Å². The molecule has 2 rings (SSSR count). The maximum absolute atomic E-state index is 6.05. The van der Waals surface area contributed by atoms with Crippen molar-refractivity contribution in [3.05, 3.63) is 27.8 Å². The highest BCUT2D eigenvalue weighted by molar-refractivity contribution is 5.57. The summed E-state index contributed by atoms with van der Waals surface area (Å²) in [5.41, 5.74) is 12.3. The van der Waals surface area contributed by atoms with Crippen LogP contribution in [-0.4, -0.2) is 5.60 Å². The van der Waals surface area contributed by atoms with Crippen LogP contribution >= 0.6 is 0 Å². The van der Waals surface area contributed by atoms with Crippen molar-refractivity contribution in [2.75, 3.05) is 0 Å². The van der Waals surface area contributed by atoms with Gasteiger partial charge < -0.3 is 10.5 Å². The third-order valence-electron chi connectivity index (χ3n) is 3.72. The van der Waals surface area contributed by atoms with Gasteiger partial charge in [0.1, 0.15) is 11.4 Å². The van der Waals surface area contributed by atoms with E-state index in [-0.39, 0.29) is 5.60 Å². The summed E-state index contributed by atoms with van der Waals surface area (Å²) in [6, 6.07) is 0. The first-order chi connectivity index (χ1) is 7.37. The normalized spacial score (nSPS) is 17.1. The van der Waals surface area contributed by atoms with Crippen LogP contribution in [0.3, 0.4) is 0 Å². The maximum atomic E-state index is 6.05. The molecule has 0 saturated carbocycles. The number of hydrogen-bond acceptors (Lipinski definition) is 2. The van der Waals surface area contributed by atoms with Crippen molar-refractivity contribution >= 4 is 0 Å². The summed E-state index contributed by atoms with van der Waals surface area (Å²) in [6.07, 6.45) is 0.988. The highest BCUT2D eigenvalue weighted by Crippen LogP contribution is 2.42. The lowest BCUT2D eigenvalue weighted by Crippen LogP contribution is -2.24. The molecular weight excluding hydrogens is 198 g/mol. The molecule has 0 spiro atoms. The molecule has 2 nitrogen and oxygen atoms in total. The van der Waals surface area contributed by atoms with Gasteiger partial charge in [0.2, 0.25) is 0 Å². The molecule has 2 heteroatoms. The second kappa shape index (κ2) is 3.49. The molecule has 0 bridgehead atoms. The van der Waals surface area contributed by atoms with Crippen molar-refractivity contribution in [1.82, 2.24) is 0 Å². The molecule has 0 aromatic heterocycles. The monoisotopic (exact) mass is 219 g/mol. The van der Waals surface area contributed by atoms with Crippen LogP contribution in [0, 0.1) is 20.8 Å². The molecule has 0 amide bonds. The lowest BCUT2D eigenvalue weighted by atomic mass is 9.90. The summed E-state index contributed by atoms with van der Waals surface area (Å²) >= 11 is 0. The Labute approximate surface area is 97.8 Å². The SMILES string of the molecule is Cc1c(C)c2c(c(C)c1CN)CC(C)(C)O2. The molecule has 0 unspecified atom stereocenters. The molecule has 88 valence electrons. The zero-order valence-corrected chi connectivity index (χ0v) is 10.9. The van der Waals surface area contributed by atoms with Crippen molar-refractivity contribution in [2.45, 2.75) is 53.2 Å². The van der Waals surface area contributed by atoms with Gasteiger partial charge in [0, 0.05) is 18.5 Å². The van der Waals surface area contributed by atoms with Gasteiger partial charge in [-0.25, -0.2) is 0 Å². The van der Waals surface area contributed by atoms with Gasteiger partial charge in [0.05, 0.1) is 0 Å². The van der Waals surface area contributed by atoms with Crippen LogP contribution in [-0.2, 0) is 13.0 Å². The Balaban J connectivity index is 2.68. The summed E-state index contributed by atoms with van der Waals surface area (Å²) in [7, 11) is 0. The highest BCUT2D eigenvalue weighted by atomic mass is 16.5. The van der Waals surface area contributed by atoms with Gasteiger partial charge in [-0.1, -0.05) is 0 Å². The summed E-state index contributed by atoms with van der Waals surface area (Å²) in [5.74, 6) is 1.09. The van der Waals surface area contributed by atoms with Gasteiger partial charge in [-0.3, -0.25) is 0 Å². The Morgan fingerprint density at radius 3 is 2.31 bits per heavy atom. The first kappa shape index (κ1) is 11.5. The molecule has 1 heterocycles. The molecule has 2 N–H and O–H groups in total. The van der Waals surface area contributed by atoms with Gasteiger partial charge in [-0.15, -0.1) is 0 Å². The van der Waals surface area contributed by atoms with Gasteiger partial charge in [0.15, 0.2) is 0 Å². The van der Waals surface area contributed by atoms with E-state index in [0.717, 1.165) is 12.2 Å². The van der Waals surface area contributed by atoms with Crippen molar-refractivity contribution < 1.29 is 4.74 Å². The van der Waals surface area contributed by atoms with E-state index < -0.39 is 0 Å². The molecular formula is C14H21NO. The third-order valence-corrected chi connectivity index (χ3v) is 3.72. The predicted octanol–water partition coefficient (Wildman–Crippen LogP) is 2.78. The van der Waals surface area contributed by atoms with Crippen LogP contribution in [0.25, 0.3) is 0 Å². The molecule has 0 saturated heterocycles. The Kier molecular flexibility index (Phi) is 2.50. The molecule has 1 aromatic carbocycles. The fourth-order valence-corrected chi connectivity index (χ4v) is 2.65. The van der Waals surface area contributed by atoms with Crippen molar-refractivity contribution in [1.29, 1.82) is 0 Å². The Morgan fingerprint density at radius 2 is 1.75 bits per heavy atom. The van der Waals surface area contributed by atoms with Crippen LogP contribution in [0.5, 0.6) is 5.75 Å². The van der Waals surface area contributed by atoms with Crippen molar-refractivity contribution in [2.24, 2.45) is 5.73 Å². The van der Waals surface area contributed by atoms with Gasteiger partial charge in [-0.2, -0.15) is 0 Å². The van der Waals surface area contributed by atoms with Crippen LogP contribution in [0.2, 0.25) is 0 Å². The summed E-state index contributed by atoms with van der Waals surface area (Å²) in [5, 5.41) is 0. The zero-order chi connectivity index (χ0) is 12.1. The molecule has 0 fully saturated rings. The number of benzene rings is 1. The lowest BCUT2D eigenvalue weighted by molar-refractivity contribution is 0.137. The van der Waals surface area contributed by atoms with Crippen molar-refractivity contribution in [3.63, 3.8) is 0 Å². The summed E-state index contributed by atoms with van der Waals surface area (Å²) < 4.78 is 6.05. The molecule has 1 aliphatic rings. The Morgan fingerprint density at radius 1 is 1.12 bits per heavy atom. The summed E-state index contributed by atoms with van der Waals surface area (Å²) in [6.45, 7) is 11.3. The minimum absolute atomic E-state index is 0.0719. The average Bonchev–Trinajstić information content (AvgIpc) is 2.52. The number of nitrogens with two attached hydrogens (primary N) is 1. The predicted molar refractivity (Wildman–Crippen MR) is 67.0 cm³/mol. The molecule has 0 atom stereocenters. The van der Waals surface area contributed by atoms with Gasteiger partial charge in [-0.05, 0) is 56.9 Å². The van der Waals surface area contributed by atoms with Crippen molar-refractivity contribution in [3.8, 4) is 5.75 Å². The summed E-state index contributed by atoms with van der Waals surface area (Å²) in [4.78, 5) is 0. The first-order valence-electron chi connectivity index (χ1n) is 5.88. The van der Waals surface area contributed by atoms with E-state index in [9.17, 15) is 0 Å². The number of hydrogen-bond donors (Lipinski definition) is 1. The van der Waals surface area contributed by atoms with E-state index in [4.69, 9.17) is 10.5 Å². The van der Waals surface area contributed by atoms with Gasteiger partial charge >= 0.3 is 0 Å². The Bertz CT molecular complexity index is 447. The van der Waals surface area contributed by atoms with Crippen LogP contribution < -0.4 is 10.5 Å². The van der Waals surface area contributed by atoms with Crippen LogP contribution in [0.4, 0.5) is 0 Å². The molecule has 16 heavy (non-hydrogen) atoms. The third kappa shape index (κ3) is 1.52. The highest BCUT2D eigenvalue weighted by Gasteiger charge is 2.33. The van der Waals surface area contributed by atoms with E-state index in [2.05, 4.69) is 34.6 Å². The Hall–Kier alpha value is -1.02. The van der Waals surface area contributed by atoms with Crippen LogP contribution in [0.15, 0.2) is 0 Å². The first-order valence-corrected chi connectivity index (χ1v) is 5.88. The molecule has 1 aromatic rings. The minimum atomic E-state index is -0.0719. The second-order valence-corrected chi connectivity index (χ2v) is 5.40. The zero-order valence-electron chi connectivity index (χ0n) is 10.9. The maximum Gasteiger partial charge on any atom is 0.126 e. The fourth-order valence-electron chi connectivity index (χ4n) is 2.65. The van der Waals surface area contributed by atoms with Crippen LogP contribution in [0.1, 0.15) is 41.7 Å².